The quantitative estimate of drug-likeness (QED) is 0.419. The monoisotopic (exact) mass is 205 g/mol. The fraction of sp³-hybridized carbons (Fsp3) is 0.250. The van der Waals surface area contributed by atoms with Crippen molar-refractivity contribution in [3.63, 3.8) is 0 Å². The molecule has 0 saturated heterocycles. The third kappa shape index (κ3) is 3.46. The predicted molar refractivity (Wildman–Crippen MR) is 60.6 cm³/mol. The first-order chi connectivity index (χ1) is 7.27. The predicted octanol–water partition coefficient (Wildman–Crippen LogP) is 2.20. The van der Waals surface area contributed by atoms with Crippen LogP contribution in [0.2, 0.25) is 0 Å². The van der Waals surface area contributed by atoms with Crippen LogP contribution in [0, 0.1) is 0 Å². The van der Waals surface area contributed by atoms with Crippen molar-refractivity contribution in [2.75, 3.05) is 18.2 Å². The van der Waals surface area contributed by atoms with Crippen LogP contribution >= 0.6 is 0 Å². The highest BCUT2D eigenvalue weighted by atomic mass is 16.5. The summed E-state index contributed by atoms with van der Waals surface area (Å²) in [6.07, 6.45) is 1.17. The van der Waals surface area contributed by atoms with E-state index in [2.05, 4.69) is 6.58 Å². The van der Waals surface area contributed by atoms with Crippen LogP contribution in [-0.2, 0) is 9.53 Å². The SMILES string of the molecule is C=CC(=O)OCN(CC)c1ccccc1. The van der Waals surface area contributed by atoms with Gasteiger partial charge in [-0.1, -0.05) is 24.8 Å². The van der Waals surface area contributed by atoms with Gasteiger partial charge in [0.25, 0.3) is 0 Å². The summed E-state index contributed by atoms with van der Waals surface area (Å²) in [6, 6.07) is 9.81. The number of carbonyl (C=O) groups is 1. The largest absolute Gasteiger partial charge is 0.441 e. The van der Waals surface area contributed by atoms with Crippen molar-refractivity contribution in [3.8, 4) is 0 Å². The molecule has 0 aliphatic heterocycles. The Hall–Kier alpha value is -1.77. The molecule has 0 fully saturated rings. The highest BCUT2D eigenvalue weighted by Gasteiger charge is 2.04. The van der Waals surface area contributed by atoms with Crippen molar-refractivity contribution < 1.29 is 9.53 Å². The Morgan fingerprint density at radius 1 is 1.47 bits per heavy atom. The van der Waals surface area contributed by atoms with E-state index in [4.69, 9.17) is 4.74 Å². The molecule has 0 atom stereocenters. The molecule has 0 N–H and O–H groups in total. The lowest BCUT2D eigenvalue weighted by atomic mass is 10.3. The van der Waals surface area contributed by atoms with Crippen LogP contribution in [0.5, 0.6) is 0 Å². The standard InChI is InChI=1S/C12H15NO2/c1-3-12(14)15-10-13(4-2)11-8-6-5-7-9-11/h3,5-9H,1,4,10H2,2H3. The van der Waals surface area contributed by atoms with Gasteiger partial charge in [0.05, 0.1) is 0 Å². The van der Waals surface area contributed by atoms with Crippen molar-refractivity contribution >= 4 is 11.7 Å². The van der Waals surface area contributed by atoms with Gasteiger partial charge >= 0.3 is 5.97 Å². The van der Waals surface area contributed by atoms with Gasteiger partial charge in [0.2, 0.25) is 0 Å². The number of rotatable bonds is 5. The average molecular weight is 205 g/mol. The van der Waals surface area contributed by atoms with E-state index in [0.717, 1.165) is 12.2 Å². The average Bonchev–Trinajstić information content (AvgIpc) is 2.31. The summed E-state index contributed by atoms with van der Waals surface area (Å²) < 4.78 is 4.97. The Morgan fingerprint density at radius 3 is 2.67 bits per heavy atom. The van der Waals surface area contributed by atoms with E-state index < -0.39 is 5.97 Å². The molecule has 0 aliphatic rings. The van der Waals surface area contributed by atoms with E-state index in [1.165, 1.54) is 6.08 Å². The normalized spacial score (nSPS) is 9.40. The lowest BCUT2D eigenvalue weighted by molar-refractivity contribution is -0.137. The zero-order valence-electron chi connectivity index (χ0n) is 8.85. The second-order valence-electron chi connectivity index (χ2n) is 2.99. The smallest absolute Gasteiger partial charge is 0.331 e. The molecule has 0 aliphatic carbocycles. The Balaban J connectivity index is 2.57. The van der Waals surface area contributed by atoms with Crippen molar-refractivity contribution in [2.24, 2.45) is 0 Å². The molecule has 0 bridgehead atoms. The summed E-state index contributed by atoms with van der Waals surface area (Å²) in [4.78, 5) is 12.9. The molecule has 1 rings (SSSR count). The van der Waals surface area contributed by atoms with Crippen molar-refractivity contribution in [3.05, 3.63) is 43.0 Å². The zero-order chi connectivity index (χ0) is 11.1. The molecule has 0 saturated carbocycles. The summed E-state index contributed by atoms with van der Waals surface area (Å²) in [5, 5.41) is 0. The number of hydrogen-bond donors (Lipinski definition) is 0. The second kappa shape index (κ2) is 5.86. The van der Waals surface area contributed by atoms with Crippen LogP contribution in [0.25, 0.3) is 0 Å². The molecule has 0 unspecified atom stereocenters. The van der Waals surface area contributed by atoms with Crippen molar-refractivity contribution in [1.29, 1.82) is 0 Å². The first-order valence-corrected chi connectivity index (χ1v) is 4.87. The molecular formula is C12H15NO2. The topological polar surface area (TPSA) is 29.5 Å². The van der Waals surface area contributed by atoms with Crippen LogP contribution in [0.1, 0.15) is 6.92 Å². The van der Waals surface area contributed by atoms with Gasteiger partial charge in [0.15, 0.2) is 6.73 Å². The first kappa shape index (κ1) is 11.3. The third-order valence-electron chi connectivity index (χ3n) is 2.03. The van der Waals surface area contributed by atoms with Gasteiger partial charge in [-0.05, 0) is 19.1 Å². The molecule has 0 spiro atoms. The number of nitrogens with zero attached hydrogens (tertiary/aromatic N) is 1. The summed E-state index contributed by atoms with van der Waals surface area (Å²) in [6.45, 7) is 6.39. The molecule has 80 valence electrons. The van der Waals surface area contributed by atoms with Gasteiger partial charge < -0.3 is 9.64 Å². The highest BCUT2D eigenvalue weighted by molar-refractivity contribution is 5.81. The van der Waals surface area contributed by atoms with Crippen molar-refractivity contribution in [1.82, 2.24) is 0 Å². The molecule has 3 nitrogen and oxygen atoms in total. The van der Waals surface area contributed by atoms with Gasteiger partial charge in [-0.2, -0.15) is 0 Å². The molecular weight excluding hydrogens is 190 g/mol. The van der Waals surface area contributed by atoms with Crippen LogP contribution in [-0.4, -0.2) is 19.2 Å². The Kier molecular flexibility index (Phi) is 4.41. The van der Waals surface area contributed by atoms with E-state index in [1.54, 1.807) is 0 Å². The Bertz CT molecular complexity index is 322. The van der Waals surface area contributed by atoms with Gasteiger partial charge in [-0.15, -0.1) is 0 Å². The van der Waals surface area contributed by atoms with E-state index in [9.17, 15) is 4.79 Å². The van der Waals surface area contributed by atoms with E-state index in [-0.39, 0.29) is 6.73 Å². The van der Waals surface area contributed by atoms with E-state index in [1.807, 2.05) is 42.2 Å². The number of esters is 1. The fourth-order valence-corrected chi connectivity index (χ4v) is 1.19. The van der Waals surface area contributed by atoms with Crippen LogP contribution in [0.4, 0.5) is 5.69 Å². The number of para-hydroxylation sites is 1. The van der Waals surface area contributed by atoms with Gasteiger partial charge in [-0.3, -0.25) is 0 Å². The van der Waals surface area contributed by atoms with Gasteiger partial charge in [0.1, 0.15) is 0 Å². The maximum atomic E-state index is 10.9. The fourth-order valence-electron chi connectivity index (χ4n) is 1.19. The summed E-state index contributed by atoms with van der Waals surface area (Å²) in [5.74, 6) is -0.399. The van der Waals surface area contributed by atoms with E-state index in [0.29, 0.717) is 0 Å². The summed E-state index contributed by atoms with van der Waals surface area (Å²) in [7, 11) is 0. The number of benzene rings is 1. The molecule has 0 amide bonds. The lowest BCUT2D eigenvalue weighted by Gasteiger charge is -2.21. The van der Waals surface area contributed by atoms with Gasteiger partial charge in [0, 0.05) is 18.3 Å². The molecule has 0 aromatic heterocycles. The lowest BCUT2D eigenvalue weighted by Crippen LogP contribution is -2.27. The minimum Gasteiger partial charge on any atom is -0.441 e. The Morgan fingerprint density at radius 2 is 2.13 bits per heavy atom. The third-order valence-corrected chi connectivity index (χ3v) is 2.03. The number of ether oxygens (including phenoxy) is 1. The number of anilines is 1. The summed E-state index contributed by atoms with van der Waals surface area (Å²) in [5.41, 5.74) is 1.04. The van der Waals surface area contributed by atoms with Gasteiger partial charge in [-0.25, -0.2) is 4.79 Å². The molecule has 1 aromatic carbocycles. The molecule has 0 radical (unpaired) electrons. The minimum absolute atomic E-state index is 0.255. The summed E-state index contributed by atoms with van der Waals surface area (Å²) >= 11 is 0. The first-order valence-electron chi connectivity index (χ1n) is 4.87. The molecule has 15 heavy (non-hydrogen) atoms. The highest BCUT2D eigenvalue weighted by Crippen LogP contribution is 2.12. The van der Waals surface area contributed by atoms with Crippen molar-refractivity contribution in [2.45, 2.75) is 6.92 Å². The van der Waals surface area contributed by atoms with E-state index >= 15 is 0 Å². The molecule has 0 heterocycles. The Labute approximate surface area is 90.0 Å². The van der Waals surface area contributed by atoms with Crippen LogP contribution in [0.3, 0.4) is 0 Å². The molecule has 1 aromatic rings. The van der Waals surface area contributed by atoms with Crippen LogP contribution in [0.15, 0.2) is 43.0 Å². The second-order valence-corrected chi connectivity index (χ2v) is 2.99. The zero-order valence-corrected chi connectivity index (χ0v) is 8.85. The number of carbonyl (C=O) groups excluding carboxylic acids is 1. The number of hydrogen-bond acceptors (Lipinski definition) is 3. The minimum atomic E-state index is -0.399. The van der Waals surface area contributed by atoms with Crippen LogP contribution < -0.4 is 4.90 Å². The molecule has 3 heteroatoms. The maximum Gasteiger partial charge on any atom is 0.331 e. The maximum absolute atomic E-state index is 10.9.